The van der Waals surface area contributed by atoms with Crippen LogP contribution in [0.15, 0.2) is 22.9 Å². The number of nitrogens with one attached hydrogen (secondary N) is 1. The van der Waals surface area contributed by atoms with Crippen LogP contribution in [0, 0.1) is 5.92 Å². The molecular formula is C14H23BrN2. The molecule has 1 heterocycles. The van der Waals surface area contributed by atoms with Gasteiger partial charge in [-0.15, -0.1) is 0 Å². The fourth-order valence-electron chi connectivity index (χ4n) is 2.16. The van der Waals surface area contributed by atoms with Crippen LogP contribution in [-0.4, -0.2) is 11.5 Å². The van der Waals surface area contributed by atoms with Gasteiger partial charge < -0.3 is 5.32 Å². The van der Waals surface area contributed by atoms with Crippen molar-refractivity contribution in [2.75, 3.05) is 6.54 Å². The van der Waals surface area contributed by atoms with Crippen molar-refractivity contribution in [2.24, 2.45) is 5.92 Å². The minimum Gasteiger partial charge on any atom is -0.310 e. The average Bonchev–Trinajstić information content (AvgIpc) is 2.34. The maximum Gasteiger partial charge on any atom is 0.0410 e. The van der Waals surface area contributed by atoms with E-state index in [-0.39, 0.29) is 0 Å². The summed E-state index contributed by atoms with van der Waals surface area (Å²) in [6.45, 7) is 7.70. The SMILES string of the molecule is CCNC(CC(CC)CC)c1cncc(Br)c1. The molecule has 3 heteroatoms. The highest BCUT2D eigenvalue weighted by Gasteiger charge is 2.15. The van der Waals surface area contributed by atoms with Crippen molar-refractivity contribution >= 4 is 15.9 Å². The van der Waals surface area contributed by atoms with Crippen molar-refractivity contribution in [2.45, 2.75) is 46.1 Å². The number of pyridine rings is 1. The van der Waals surface area contributed by atoms with E-state index in [9.17, 15) is 0 Å². The van der Waals surface area contributed by atoms with Crippen LogP contribution < -0.4 is 5.32 Å². The van der Waals surface area contributed by atoms with E-state index in [4.69, 9.17) is 0 Å². The molecule has 1 unspecified atom stereocenters. The van der Waals surface area contributed by atoms with Gasteiger partial charge in [-0.25, -0.2) is 0 Å². The summed E-state index contributed by atoms with van der Waals surface area (Å²) in [6, 6.07) is 2.60. The largest absolute Gasteiger partial charge is 0.310 e. The van der Waals surface area contributed by atoms with Crippen molar-refractivity contribution in [1.82, 2.24) is 10.3 Å². The standard InChI is InChI=1S/C14H23BrN2/c1-4-11(5-2)7-14(17-6-3)12-8-13(15)10-16-9-12/h8-11,14,17H,4-7H2,1-3H3. The molecule has 0 bridgehead atoms. The Morgan fingerprint density at radius 3 is 2.47 bits per heavy atom. The van der Waals surface area contributed by atoms with Crippen molar-refractivity contribution < 1.29 is 0 Å². The molecule has 0 aromatic carbocycles. The topological polar surface area (TPSA) is 24.9 Å². The molecule has 0 aliphatic rings. The van der Waals surface area contributed by atoms with Crippen molar-refractivity contribution in [3.05, 3.63) is 28.5 Å². The van der Waals surface area contributed by atoms with E-state index < -0.39 is 0 Å². The lowest BCUT2D eigenvalue weighted by atomic mass is 9.92. The van der Waals surface area contributed by atoms with E-state index in [0.717, 1.165) is 16.9 Å². The van der Waals surface area contributed by atoms with Gasteiger partial charge in [0.2, 0.25) is 0 Å². The third kappa shape index (κ3) is 4.76. The highest BCUT2D eigenvalue weighted by atomic mass is 79.9. The second-order valence-electron chi connectivity index (χ2n) is 4.46. The number of hydrogen-bond donors (Lipinski definition) is 1. The van der Waals surface area contributed by atoms with Crippen LogP contribution in [0.4, 0.5) is 0 Å². The quantitative estimate of drug-likeness (QED) is 0.811. The third-order valence-electron chi connectivity index (χ3n) is 3.30. The van der Waals surface area contributed by atoms with Crippen LogP contribution >= 0.6 is 15.9 Å². The first-order chi connectivity index (χ1) is 8.21. The van der Waals surface area contributed by atoms with Gasteiger partial charge >= 0.3 is 0 Å². The van der Waals surface area contributed by atoms with E-state index in [1.54, 1.807) is 0 Å². The molecule has 0 radical (unpaired) electrons. The van der Waals surface area contributed by atoms with Crippen LogP contribution in [0.1, 0.15) is 51.6 Å². The second-order valence-corrected chi connectivity index (χ2v) is 5.38. The molecular weight excluding hydrogens is 276 g/mol. The number of aromatic nitrogens is 1. The minimum atomic E-state index is 0.426. The Morgan fingerprint density at radius 1 is 1.24 bits per heavy atom. The predicted octanol–water partition coefficient (Wildman–Crippen LogP) is 4.32. The van der Waals surface area contributed by atoms with Crippen LogP contribution in [-0.2, 0) is 0 Å². The number of hydrogen-bond acceptors (Lipinski definition) is 2. The van der Waals surface area contributed by atoms with E-state index >= 15 is 0 Å². The summed E-state index contributed by atoms with van der Waals surface area (Å²) in [4.78, 5) is 4.26. The van der Waals surface area contributed by atoms with Crippen molar-refractivity contribution in [1.29, 1.82) is 0 Å². The van der Waals surface area contributed by atoms with Gasteiger partial charge in [0.05, 0.1) is 0 Å². The Hall–Kier alpha value is -0.410. The minimum absolute atomic E-state index is 0.426. The van der Waals surface area contributed by atoms with Crippen LogP contribution in [0.25, 0.3) is 0 Å². The summed E-state index contributed by atoms with van der Waals surface area (Å²) in [7, 11) is 0. The molecule has 96 valence electrons. The monoisotopic (exact) mass is 298 g/mol. The highest BCUT2D eigenvalue weighted by molar-refractivity contribution is 9.10. The Bertz CT molecular complexity index is 324. The van der Waals surface area contributed by atoms with Crippen LogP contribution in [0.3, 0.4) is 0 Å². The summed E-state index contributed by atoms with van der Waals surface area (Å²) < 4.78 is 1.06. The maximum absolute atomic E-state index is 4.26. The van der Waals surface area contributed by atoms with Gasteiger partial charge in [0, 0.05) is 22.9 Å². The smallest absolute Gasteiger partial charge is 0.0410 e. The van der Waals surface area contributed by atoms with Crippen LogP contribution in [0.2, 0.25) is 0 Å². The molecule has 0 aliphatic carbocycles. The van der Waals surface area contributed by atoms with Gasteiger partial charge in [0.1, 0.15) is 0 Å². The summed E-state index contributed by atoms with van der Waals surface area (Å²) in [5, 5.41) is 3.56. The Kier molecular flexibility index (Phi) is 6.75. The first kappa shape index (κ1) is 14.7. The van der Waals surface area contributed by atoms with Gasteiger partial charge in [-0.3, -0.25) is 4.98 Å². The van der Waals surface area contributed by atoms with Crippen molar-refractivity contribution in [3.63, 3.8) is 0 Å². The zero-order chi connectivity index (χ0) is 12.7. The first-order valence-electron chi connectivity index (χ1n) is 6.55. The molecule has 1 rings (SSSR count). The van der Waals surface area contributed by atoms with Gasteiger partial charge in [0.25, 0.3) is 0 Å². The molecule has 1 aromatic heterocycles. The van der Waals surface area contributed by atoms with E-state index in [1.165, 1.54) is 24.8 Å². The zero-order valence-electron chi connectivity index (χ0n) is 11.0. The van der Waals surface area contributed by atoms with Gasteiger partial charge in [-0.2, -0.15) is 0 Å². The predicted molar refractivity (Wildman–Crippen MR) is 77.0 cm³/mol. The van der Waals surface area contributed by atoms with Gasteiger partial charge in [-0.05, 0) is 46.4 Å². The molecule has 0 saturated heterocycles. The lowest BCUT2D eigenvalue weighted by molar-refractivity contribution is 0.375. The fraction of sp³-hybridized carbons (Fsp3) is 0.643. The summed E-state index contributed by atoms with van der Waals surface area (Å²) >= 11 is 3.49. The lowest BCUT2D eigenvalue weighted by Gasteiger charge is -2.23. The van der Waals surface area contributed by atoms with Crippen molar-refractivity contribution in [3.8, 4) is 0 Å². The maximum atomic E-state index is 4.26. The molecule has 0 saturated carbocycles. The third-order valence-corrected chi connectivity index (χ3v) is 3.74. The van der Waals surface area contributed by atoms with E-state index in [2.05, 4.69) is 53.1 Å². The summed E-state index contributed by atoms with van der Waals surface area (Å²) in [5.41, 5.74) is 1.29. The second kappa shape index (κ2) is 7.83. The molecule has 0 fully saturated rings. The van der Waals surface area contributed by atoms with Crippen LogP contribution in [0.5, 0.6) is 0 Å². The van der Waals surface area contributed by atoms with E-state index in [1.807, 2.05) is 12.4 Å². The first-order valence-corrected chi connectivity index (χ1v) is 7.34. The zero-order valence-corrected chi connectivity index (χ0v) is 12.6. The lowest BCUT2D eigenvalue weighted by Crippen LogP contribution is -2.23. The Labute approximate surface area is 113 Å². The molecule has 0 spiro atoms. The number of halogens is 1. The molecule has 2 nitrogen and oxygen atoms in total. The Balaban J connectivity index is 2.77. The molecule has 17 heavy (non-hydrogen) atoms. The summed E-state index contributed by atoms with van der Waals surface area (Å²) in [5.74, 6) is 0.790. The normalized spacial score (nSPS) is 13.0. The molecule has 1 aromatic rings. The number of rotatable bonds is 7. The summed E-state index contributed by atoms with van der Waals surface area (Å²) in [6.07, 6.45) is 7.50. The highest BCUT2D eigenvalue weighted by Crippen LogP contribution is 2.26. The van der Waals surface area contributed by atoms with E-state index in [0.29, 0.717) is 6.04 Å². The fourth-order valence-corrected chi connectivity index (χ4v) is 2.54. The average molecular weight is 299 g/mol. The van der Waals surface area contributed by atoms with Gasteiger partial charge in [-0.1, -0.05) is 33.6 Å². The molecule has 1 atom stereocenters. The number of nitrogens with zero attached hydrogens (tertiary/aromatic N) is 1. The molecule has 0 aliphatic heterocycles. The van der Waals surface area contributed by atoms with Gasteiger partial charge in [0.15, 0.2) is 0 Å². The Morgan fingerprint density at radius 2 is 1.94 bits per heavy atom. The molecule has 1 N–H and O–H groups in total. The molecule has 0 amide bonds.